The molecule has 4 nitrogen and oxygen atoms in total. The molecule has 1 saturated heterocycles. The van der Waals surface area contributed by atoms with Crippen LogP contribution >= 0.6 is 0 Å². The maximum atomic E-state index is 12.7. The van der Waals surface area contributed by atoms with Gasteiger partial charge in [-0.3, -0.25) is 4.79 Å². The van der Waals surface area contributed by atoms with E-state index in [4.69, 9.17) is 9.47 Å². The van der Waals surface area contributed by atoms with Crippen molar-refractivity contribution in [2.75, 3.05) is 7.11 Å². The van der Waals surface area contributed by atoms with E-state index in [2.05, 4.69) is 47.3 Å². The van der Waals surface area contributed by atoms with Crippen LogP contribution in [0.15, 0.2) is 23.8 Å². The highest BCUT2D eigenvalue weighted by molar-refractivity contribution is 5.91. The predicted octanol–water partition coefficient (Wildman–Crippen LogP) is 7.03. The minimum Gasteiger partial charge on any atom is -0.469 e. The molecule has 4 saturated carbocycles. The second-order valence-corrected chi connectivity index (χ2v) is 13.6. The molecule has 5 fully saturated rings. The maximum Gasteiger partial charge on any atom is 0.334 e. The van der Waals surface area contributed by atoms with Crippen LogP contribution in [0.3, 0.4) is 0 Å². The van der Waals surface area contributed by atoms with E-state index in [0.717, 1.165) is 31.1 Å². The molecular formula is C31H46O4. The topological polar surface area (TPSA) is 52.6 Å². The molecule has 0 aromatic heterocycles. The van der Waals surface area contributed by atoms with Crippen molar-refractivity contribution in [3.63, 3.8) is 0 Å². The summed E-state index contributed by atoms with van der Waals surface area (Å²) in [5.74, 6) is 1.73. The lowest BCUT2D eigenvalue weighted by Crippen LogP contribution is -2.56. The van der Waals surface area contributed by atoms with Crippen molar-refractivity contribution in [3.05, 3.63) is 23.8 Å². The van der Waals surface area contributed by atoms with Crippen LogP contribution < -0.4 is 0 Å². The summed E-state index contributed by atoms with van der Waals surface area (Å²) in [5, 5.41) is 0. The Balaban J connectivity index is 1.46. The SMILES string of the molecule is C=C1C(=O)O[C@@H]2C[C@@H]3[C@]4(CC[C@]5(C)[C@@H]([C@H](C)CCC=C(C)C)CC[C@@]35C)C[C@]4(CCC(=O)OC)[C@H]12. The van der Waals surface area contributed by atoms with Crippen molar-refractivity contribution in [1.82, 2.24) is 0 Å². The van der Waals surface area contributed by atoms with Gasteiger partial charge in [-0.1, -0.05) is 39.0 Å². The van der Waals surface area contributed by atoms with E-state index in [1.54, 1.807) is 0 Å². The predicted molar refractivity (Wildman–Crippen MR) is 137 cm³/mol. The second-order valence-electron chi connectivity index (χ2n) is 13.6. The smallest absolute Gasteiger partial charge is 0.334 e. The van der Waals surface area contributed by atoms with E-state index in [9.17, 15) is 9.59 Å². The van der Waals surface area contributed by atoms with Crippen LogP contribution in [0.2, 0.25) is 0 Å². The van der Waals surface area contributed by atoms with Crippen molar-refractivity contribution in [3.8, 4) is 0 Å². The van der Waals surface area contributed by atoms with Crippen LogP contribution in [0.5, 0.6) is 0 Å². The first-order valence-corrected chi connectivity index (χ1v) is 14.1. The number of methoxy groups -OCH3 is 1. The van der Waals surface area contributed by atoms with E-state index in [0.29, 0.717) is 23.3 Å². The number of fused-ring (bicyclic) bond motifs is 4. The van der Waals surface area contributed by atoms with Crippen molar-refractivity contribution in [1.29, 1.82) is 0 Å². The summed E-state index contributed by atoms with van der Waals surface area (Å²) in [5.41, 5.74) is 2.82. The van der Waals surface area contributed by atoms with Gasteiger partial charge in [-0.05, 0) is 111 Å². The molecule has 1 heterocycles. The molecule has 0 aromatic rings. The van der Waals surface area contributed by atoms with E-state index in [1.807, 2.05) is 0 Å². The fourth-order valence-corrected chi connectivity index (χ4v) is 10.4. The fraction of sp³-hybridized carbons (Fsp3) is 0.806. The number of esters is 2. The Bertz CT molecular complexity index is 961. The van der Waals surface area contributed by atoms with Gasteiger partial charge in [-0.2, -0.15) is 0 Å². The highest BCUT2D eigenvalue weighted by Crippen LogP contribution is 2.88. The minimum atomic E-state index is -0.205. The summed E-state index contributed by atoms with van der Waals surface area (Å²) in [6, 6.07) is 0. The molecule has 9 atom stereocenters. The van der Waals surface area contributed by atoms with Gasteiger partial charge in [0.2, 0.25) is 0 Å². The van der Waals surface area contributed by atoms with Gasteiger partial charge in [-0.15, -0.1) is 0 Å². The molecule has 1 spiro atoms. The Hall–Kier alpha value is -1.58. The summed E-state index contributed by atoms with van der Waals surface area (Å²) < 4.78 is 11.0. The summed E-state index contributed by atoms with van der Waals surface area (Å²) in [6.45, 7) is 16.3. The van der Waals surface area contributed by atoms with Gasteiger partial charge < -0.3 is 9.47 Å². The Labute approximate surface area is 212 Å². The van der Waals surface area contributed by atoms with Gasteiger partial charge >= 0.3 is 11.9 Å². The molecule has 4 aliphatic carbocycles. The van der Waals surface area contributed by atoms with Crippen molar-refractivity contribution in [2.24, 2.45) is 45.3 Å². The van der Waals surface area contributed by atoms with Crippen LogP contribution in [0.1, 0.15) is 98.8 Å². The van der Waals surface area contributed by atoms with Gasteiger partial charge in [0.1, 0.15) is 6.10 Å². The lowest BCUT2D eigenvalue weighted by Gasteiger charge is -2.61. The number of ether oxygens (including phenoxy) is 2. The average Bonchev–Trinajstić information content (AvgIpc) is 3.26. The standard InChI is InChI=1S/C31H46O4/c1-19(2)9-8-10-20(3)22-11-13-29(6)24-17-23-26(21(4)27(33)35-23)31(14-12-25(32)34-7)18-30(24,31)16-15-28(22,29)5/h9,20,22-24,26H,4,8,10-18H2,1-3,5-7H3/t20-,22-,23-,24+,26-,28-,29+,30+,31-/m1/s1. The number of rotatable bonds is 7. The lowest BCUT2D eigenvalue weighted by molar-refractivity contribution is -0.158. The van der Waals surface area contributed by atoms with Gasteiger partial charge in [-0.25, -0.2) is 4.79 Å². The third-order valence-electron chi connectivity index (χ3n) is 12.3. The molecule has 0 N–H and O–H groups in total. The normalized spacial score (nSPS) is 46.0. The van der Waals surface area contributed by atoms with E-state index < -0.39 is 0 Å². The molecule has 0 radical (unpaired) electrons. The Morgan fingerprint density at radius 3 is 2.66 bits per heavy atom. The van der Waals surface area contributed by atoms with Crippen LogP contribution in [-0.4, -0.2) is 25.2 Å². The van der Waals surface area contributed by atoms with Gasteiger partial charge in [0.05, 0.1) is 7.11 Å². The minimum absolute atomic E-state index is 0.0322. The largest absolute Gasteiger partial charge is 0.469 e. The van der Waals surface area contributed by atoms with Gasteiger partial charge in [0, 0.05) is 17.9 Å². The zero-order chi connectivity index (χ0) is 25.4. The Morgan fingerprint density at radius 2 is 1.97 bits per heavy atom. The average molecular weight is 483 g/mol. The van der Waals surface area contributed by atoms with E-state index in [1.165, 1.54) is 51.2 Å². The van der Waals surface area contributed by atoms with Gasteiger partial charge in [0.15, 0.2) is 0 Å². The molecule has 0 amide bonds. The van der Waals surface area contributed by atoms with Crippen molar-refractivity contribution < 1.29 is 19.1 Å². The van der Waals surface area contributed by atoms with Crippen molar-refractivity contribution in [2.45, 2.75) is 105 Å². The molecule has 0 bridgehead atoms. The molecule has 0 aromatic carbocycles. The Kier molecular flexibility index (Phi) is 5.89. The number of allylic oxidation sites excluding steroid dienone is 2. The van der Waals surface area contributed by atoms with Crippen LogP contribution in [0, 0.1) is 45.3 Å². The molecule has 5 rings (SSSR count). The Morgan fingerprint density at radius 1 is 1.23 bits per heavy atom. The molecule has 35 heavy (non-hydrogen) atoms. The summed E-state index contributed by atoms with van der Waals surface area (Å²) in [6.07, 6.45) is 13.1. The fourth-order valence-electron chi connectivity index (χ4n) is 10.4. The van der Waals surface area contributed by atoms with Crippen LogP contribution in [0.25, 0.3) is 0 Å². The molecular weight excluding hydrogens is 436 g/mol. The molecule has 4 heteroatoms. The quantitative estimate of drug-likeness (QED) is 0.222. The lowest BCUT2D eigenvalue weighted by atomic mass is 9.43. The van der Waals surface area contributed by atoms with E-state index >= 15 is 0 Å². The second kappa shape index (κ2) is 8.21. The monoisotopic (exact) mass is 482 g/mol. The van der Waals surface area contributed by atoms with Crippen molar-refractivity contribution >= 4 is 11.9 Å². The zero-order valence-corrected chi connectivity index (χ0v) is 22.9. The third kappa shape index (κ3) is 3.29. The molecule has 5 aliphatic rings. The van der Waals surface area contributed by atoms with E-state index in [-0.39, 0.29) is 40.2 Å². The molecule has 0 unspecified atom stereocenters. The summed E-state index contributed by atoms with van der Waals surface area (Å²) in [4.78, 5) is 24.9. The maximum absolute atomic E-state index is 12.7. The first-order chi connectivity index (χ1) is 16.5. The molecule has 194 valence electrons. The van der Waals surface area contributed by atoms with Crippen LogP contribution in [0.4, 0.5) is 0 Å². The number of hydrogen-bond donors (Lipinski definition) is 0. The van der Waals surface area contributed by atoms with Crippen LogP contribution in [-0.2, 0) is 19.1 Å². The zero-order valence-electron chi connectivity index (χ0n) is 22.9. The highest BCUT2D eigenvalue weighted by Gasteiger charge is 2.83. The third-order valence-corrected chi connectivity index (χ3v) is 12.3. The highest BCUT2D eigenvalue weighted by atomic mass is 16.6. The number of carbonyl (C=O) groups excluding carboxylic acids is 2. The first-order valence-electron chi connectivity index (χ1n) is 14.1. The first kappa shape index (κ1) is 25.1. The molecule has 1 aliphatic heterocycles. The summed E-state index contributed by atoms with van der Waals surface area (Å²) in [7, 11) is 1.47. The number of hydrogen-bond acceptors (Lipinski definition) is 4. The summed E-state index contributed by atoms with van der Waals surface area (Å²) >= 11 is 0. The number of carbonyl (C=O) groups is 2. The van der Waals surface area contributed by atoms with Gasteiger partial charge in [0.25, 0.3) is 0 Å².